The number of amides is 1. The number of nitrogens with one attached hydrogen (secondary N) is 1. The second kappa shape index (κ2) is 5.90. The van der Waals surface area contributed by atoms with E-state index in [0.29, 0.717) is 13.1 Å². The molecule has 1 aliphatic rings. The van der Waals surface area contributed by atoms with Crippen molar-refractivity contribution in [2.75, 3.05) is 18.8 Å². The van der Waals surface area contributed by atoms with Gasteiger partial charge in [0.1, 0.15) is 17.4 Å². The molecule has 0 unspecified atom stereocenters. The lowest BCUT2D eigenvalue weighted by Crippen LogP contribution is -2.45. The van der Waals surface area contributed by atoms with Gasteiger partial charge in [-0.05, 0) is 19.8 Å². The number of rotatable bonds is 4. The van der Waals surface area contributed by atoms with Crippen LogP contribution >= 0.6 is 0 Å². The normalized spacial score (nSPS) is 19.0. The number of aromatic nitrogens is 3. The summed E-state index contributed by atoms with van der Waals surface area (Å²) in [6.45, 7) is 4.17. The van der Waals surface area contributed by atoms with Crippen LogP contribution in [-0.4, -0.2) is 58.5 Å². The highest BCUT2D eigenvalue weighted by molar-refractivity contribution is 7.92. The summed E-state index contributed by atoms with van der Waals surface area (Å²) in [5.41, 5.74) is 0. The average molecular weight is 300 g/mol. The van der Waals surface area contributed by atoms with E-state index in [9.17, 15) is 13.2 Å². The van der Waals surface area contributed by atoms with Gasteiger partial charge in [-0.2, -0.15) is 5.10 Å². The van der Waals surface area contributed by atoms with Crippen molar-refractivity contribution in [3.8, 4) is 0 Å². The van der Waals surface area contributed by atoms with Gasteiger partial charge in [-0.15, -0.1) is 0 Å². The SMILES string of the molecule is CCS(=O)(=O)[C@@H](C)C(=O)N1CCC(c2ncn[nH]2)CC1. The van der Waals surface area contributed by atoms with Gasteiger partial charge in [-0.3, -0.25) is 9.89 Å². The molecule has 1 atom stereocenters. The summed E-state index contributed by atoms with van der Waals surface area (Å²) >= 11 is 0. The Balaban J connectivity index is 1.95. The van der Waals surface area contributed by atoms with E-state index in [-0.39, 0.29) is 17.6 Å². The first-order valence-corrected chi connectivity index (χ1v) is 8.53. The number of sulfone groups is 1. The minimum absolute atomic E-state index is 0.00552. The molecule has 7 nitrogen and oxygen atoms in total. The highest BCUT2D eigenvalue weighted by atomic mass is 32.2. The summed E-state index contributed by atoms with van der Waals surface area (Å²) in [5, 5.41) is 5.72. The largest absolute Gasteiger partial charge is 0.342 e. The molecule has 0 spiro atoms. The van der Waals surface area contributed by atoms with Crippen molar-refractivity contribution in [2.24, 2.45) is 0 Å². The van der Waals surface area contributed by atoms with Crippen LogP contribution in [0.1, 0.15) is 38.4 Å². The number of piperidine rings is 1. The van der Waals surface area contributed by atoms with Gasteiger partial charge in [0.2, 0.25) is 5.91 Å². The van der Waals surface area contributed by atoms with E-state index < -0.39 is 15.1 Å². The molecule has 1 aromatic rings. The van der Waals surface area contributed by atoms with E-state index in [0.717, 1.165) is 18.7 Å². The lowest BCUT2D eigenvalue weighted by Gasteiger charge is -2.32. The maximum atomic E-state index is 12.2. The molecule has 1 aliphatic heterocycles. The average Bonchev–Trinajstić information content (AvgIpc) is 3.00. The Morgan fingerprint density at radius 3 is 2.65 bits per heavy atom. The third-order valence-electron chi connectivity index (χ3n) is 3.92. The smallest absolute Gasteiger partial charge is 0.240 e. The van der Waals surface area contributed by atoms with Crippen LogP contribution in [0.15, 0.2) is 6.33 Å². The van der Waals surface area contributed by atoms with Crippen LogP contribution in [0.4, 0.5) is 0 Å². The van der Waals surface area contributed by atoms with Crippen molar-refractivity contribution in [1.82, 2.24) is 20.1 Å². The highest BCUT2D eigenvalue weighted by Gasteiger charge is 2.33. The van der Waals surface area contributed by atoms with E-state index in [2.05, 4.69) is 15.2 Å². The number of aromatic amines is 1. The number of hydrogen-bond donors (Lipinski definition) is 1. The second-order valence-electron chi connectivity index (χ2n) is 5.06. The lowest BCUT2D eigenvalue weighted by atomic mass is 9.96. The predicted octanol–water partition coefficient (Wildman–Crippen LogP) is 0.334. The van der Waals surface area contributed by atoms with Gasteiger partial charge in [-0.25, -0.2) is 13.4 Å². The fraction of sp³-hybridized carbons (Fsp3) is 0.750. The maximum absolute atomic E-state index is 12.2. The van der Waals surface area contributed by atoms with Crippen LogP contribution in [0, 0.1) is 0 Å². The minimum Gasteiger partial charge on any atom is -0.342 e. The van der Waals surface area contributed by atoms with Crippen molar-refractivity contribution >= 4 is 15.7 Å². The number of H-pyrrole nitrogens is 1. The molecular formula is C12H20N4O3S. The van der Waals surface area contributed by atoms with Gasteiger partial charge >= 0.3 is 0 Å². The molecule has 0 radical (unpaired) electrons. The van der Waals surface area contributed by atoms with Crippen LogP contribution in [-0.2, 0) is 14.6 Å². The zero-order valence-corrected chi connectivity index (χ0v) is 12.6. The summed E-state index contributed by atoms with van der Waals surface area (Å²) in [5.74, 6) is 0.808. The first kappa shape index (κ1) is 15.0. The summed E-state index contributed by atoms with van der Waals surface area (Å²) in [6, 6.07) is 0. The third kappa shape index (κ3) is 3.00. The first-order chi connectivity index (χ1) is 9.45. The van der Waals surface area contributed by atoms with Crippen LogP contribution < -0.4 is 0 Å². The molecule has 0 aliphatic carbocycles. The van der Waals surface area contributed by atoms with Gasteiger partial charge in [0.25, 0.3) is 0 Å². The van der Waals surface area contributed by atoms with Crippen molar-refractivity contribution in [3.05, 3.63) is 12.2 Å². The molecule has 1 amide bonds. The lowest BCUT2D eigenvalue weighted by molar-refractivity contribution is -0.131. The topological polar surface area (TPSA) is 96.0 Å². The van der Waals surface area contributed by atoms with Crippen molar-refractivity contribution < 1.29 is 13.2 Å². The molecule has 0 saturated carbocycles. The third-order valence-corrected chi connectivity index (χ3v) is 6.00. The first-order valence-electron chi connectivity index (χ1n) is 6.81. The van der Waals surface area contributed by atoms with E-state index in [1.54, 1.807) is 11.8 Å². The fourth-order valence-corrected chi connectivity index (χ4v) is 3.40. The van der Waals surface area contributed by atoms with Crippen LogP contribution in [0.5, 0.6) is 0 Å². The van der Waals surface area contributed by atoms with E-state index >= 15 is 0 Å². The molecule has 1 fully saturated rings. The van der Waals surface area contributed by atoms with Crippen LogP contribution in [0.3, 0.4) is 0 Å². The molecule has 8 heteroatoms. The standard InChI is InChI=1S/C12H20N4O3S/c1-3-20(18,19)9(2)12(17)16-6-4-10(5-7-16)11-13-8-14-15-11/h8-10H,3-7H2,1-2H3,(H,13,14,15)/t9-/m0/s1. The summed E-state index contributed by atoms with van der Waals surface area (Å²) in [7, 11) is -3.32. The summed E-state index contributed by atoms with van der Waals surface area (Å²) in [6.07, 6.45) is 3.03. The van der Waals surface area contributed by atoms with Crippen LogP contribution in [0.25, 0.3) is 0 Å². The number of nitrogens with zero attached hydrogens (tertiary/aromatic N) is 3. The van der Waals surface area contributed by atoms with E-state index in [1.165, 1.54) is 13.3 Å². The van der Waals surface area contributed by atoms with Gasteiger partial charge in [0.05, 0.1) is 0 Å². The molecular weight excluding hydrogens is 280 g/mol. The Labute approximate surface area is 118 Å². The zero-order chi connectivity index (χ0) is 14.8. The van der Waals surface area contributed by atoms with Gasteiger partial charge in [-0.1, -0.05) is 6.92 Å². The Bertz CT molecular complexity index is 547. The summed E-state index contributed by atoms with van der Waals surface area (Å²) < 4.78 is 23.5. The summed E-state index contributed by atoms with van der Waals surface area (Å²) in [4.78, 5) is 18.0. The van der Waals surface area contributed by atoms with E-state index in [1.807, 2.05) is 0 Å². The van der Waals surface area contributed by atoms with Crippen LogP contribution in [0.2, 0.25) is 0 Å². The van der Waals surface area contributed by atoms with E-state index in [4.69, 9.17) is 0 Å². The number of hydrogen-bond acceptors (Lipinski definition) is 5. The molecule has 1 aromatic heterocycles. The zero-order valence-electron chi connectivity index (χ0n) is 11.7. The highest BCUT2D eigenvalue weighted by Crippen LogP contribution is 2.25. The minimum atomic E-state index is -3.32. The molecule has 2 rings (SSSR count). The molecule has 1 N–H and O–H groups in total. The van der Waals surface area contributed by atoms with Crippen molar-refractivity contribution in [1.29, 1.82) is 0 Å². The Kier molecular flexibility index (Phi) is 4.42. The number of carbonyl (C=O) groups excluding carboxylic acids is 1. The Morgan fingerprint density at radius 1 is 1.50 bits per heavy atom. The van der Waals surface area contributed by atoms with Crippen molar-refractivity contribution in [3.63, 3.8) is 0 Å². The second-order valence-corrected chi connectivity index (χ2v) is 7.67. The molecule has 0 aromatic carbocycles. The van der Waals surface area contributed by atoms with Crippen molar-refractivity contribution in [2.45, 2.75) is 37.9 Å². The molecule has 2 heterocycles. The van der Waals surface area contributed by atoms with Gasteiger partial charge in [0, 0.05) is 24.8 Å². The molecule has 20 heavy (non-hydrogen) atoms. The molecule has 112 valence electrons. The quantitative estimate of drug-likeness (QED) is 0.864. The fourth-order valence-electron chi connectivity index (χ4n) is 2.45. The van der Waals surface area contributed by atoms with Gasteiger partial charge < -0.3 is 4.90 Å². The number of carbonyl (C=O) groups is 1. The molecule has 1 saturated heterocycles. The Hall–Kier alpha value is -1.44. The maximum Gasteiger partial charge on any atom is 0.240 e. The Morgan fingerprint density at radius 2 is 2.15 bits per heavy atom. The molecule has 0 bridgehead atoms. The van der Waals surface area contributed by atoms with Gasteiger partial charge in [0.15, 0.2) is 9.84 Å². The monoisotopic (exact) mass is 300 g/mol. The number of likely N-dealkylation sites (tertiary alicyclic amines) is 1. The predicted molar refractivity (Wildman–Crippen MR) is 73.9 cm³/mol.